The number of amides is 2. The van der Waals surface area contributed by atoms with Gasteiger partial charge >= 0.3 is 6.09 Å². The Morgan fingerprint density at radius 1 is 1.00 bits per heavy atom. The Kier molecular flexibility index (Phi) is 9.32. The van der Waals surface area contributed by atoms with E-state index >= 15 is 0 Å². The van der Waals surface area contributed by atoms with Crippen LogP contribution in [0.3, 0.4) is 0 Å². The number of nitrogens with zero attached hydrogens (tertiary/aromatic N) is 3. The highest BCUT2D eigenvalue weighted by molar-refractivity contribution is 5.94. The monoisotopic (exact) mass is 550 g/mol. The van der Waals surface area contributed by atoms with Crippen LogP contribution >= 0.6 is 12.4 Å². The van der Waals surface area contributed by atoms with Crippen LogP contribution in [-0.2, 0) is 16.1 Å². The van der Waals surface area contributed by atoms with E-state index in [-0.39, 0.29) is 37.1 Å². The molecule has 1 fully saturated rings. The molecule has 2 amide bonds. The zero-order valence-corrected chi connectivity index (χ0v) is 23.2. The predicted molar refractivity (Wildman–Crippen MR) is 157 cm³/mol. The van der Waals surface area contributed by atoms with Gasteiger partial charge < -0.3 is 19.7 Å². The van der Waals surface area contributed by atoms with Gasteiger partial charge in [-0.25, -0.2) is 4.79 Å². The zero-order valence-electron chi connectivity index (χ0n) is 22.3. The number of hydrogen-bond donors (Lipinski definition) is 1. The summed E-state index contributed by atoms with van der Waals surface area (Å²) < 4.78 is 11.0. The van der Waals surface area contributed by atoms with E-state index < -0.39 is 0 Å². The van der Waals surface area contributed by atoms with Gasteiger partial charge in [0.2, 0.25) is 5.91 Å². The van der Waals surface area contributed by atoms with E-state index in [1.54, 1.807) is 12.0 Å². The molecular weight excluding hydrogens is 516 g/mol. The van der Waals surface area contributed by atoms with Crippen molar-refractivity contribution in [3.63, 3.8) is 0 Å². The molecule has 206 valence electrons. The first kappa shape index (κ1) is 28.3. The van der Waals surface area contributed by atoms with E-state index in [2.05, 4.69) is 34.2 Å². The molecule has 2 aliphatic heterocycles. The topological polar surface area (TPSA) is 74.4 Å². The minimum atomic E-state index is -0.337. The lowest BCUT2D eigenvalue weighted by Gasteiger charge is -2.40. The van der Waals surface area contributed by atoms with Crippen molar-refractivity contribution in [2.45, 2.75) is 32.4 Å². The van der Waals surface area contributed by atoms with Crippen LogP contribution in [0.15, 0.2) is 72.8 Å². The number of ether oxygens (including phenoxy) is 2. The molecule has 1 N–H and O–H groups in total. The Morgan fingerprint density at radius 2 is 1.69 bits per heavy atom. The Labute approximate surface area is 235 Å². The van der Waals surface area contributed by atoms with Gasteiger partial charge in [-0.1, -0.05) is 30.3 Å². The number of hydrogen-bond acceptors (Lipinski definition) is 6. The smallest absolute Gasteiger partial charge is 0.415 e. The SMILES string of the molecule is CCN(c1ccccc1)c1ccc(NC(=O)CN2CCC(N3C(=O)OCc4cccc(OC)c43)CC2)cc1.Cl. The first-order valence-corrected chi connectivity index (χ1v) is 13.1. The highest BCUT2D eigenvalue weighted by Crippen LogP contribution is 2.39. The molecule has 0 saturated carbocycles. The number of benzene rings is 3. The molecule has 3 aromatic carbocycles. The molecule has 9 heteroatoms. The van der Waals surface area contributed by atoms with Crippen molar-refractivity contribution in [1.82, 2.24) is 4.90 Å². The molecule has 2 aliphatic rings. The molecule has 0 unspecified atom stereocenters. The summed E-state index contributed by atoms with van der Waals surface area (Å²) >= 11 is 0. The Bertz CT molecular complexity index is 1250. The predicted octanol–water partition coefficient (Wildman–Crippen LogP) is 5.83. The number of fused-ring (bicyclic) bond motifs is 1. The maximum atomic E-state index is 12.8. The molecule has 1 saturated heterocycles. The fourth-order valence-electron chi connectivity index (χ4n) is 5.34. The molecule has 0 spiro atoms. The number of carbonyl (C=O) groups excluding carboxylic acids is 2. The third-order valence-corrected chi connectivity index (χ3v) is 7.23. The second-order valence-corrected chi connectivity index (χ2v) is 9.57. The zero-order chi connectivity index (χ0) is 26.5. The highest BCUT2D eigenvalue weighted by atomic mass is 35.5. The first-order chi connectivity index (χ1) is 18.6. The molecule has 0 atom stereocenters. The van der Waals surface area contributed by atoms with Crippen molar-refractivity contribution in [3.05, 3.63) is 78.4 Å². The lowest BCUT2D eigenvalue weighted by Crippen LogP contribution is -2.50. The summed E-state index contributed by atoms with van der Waals surface area (Å²) in [4.78, 5) is 31.6. The lowest BCUT2D eigenvalue weighted by atomic mass is 10.0. The minimum Gasteiger partial charge on any atom is -0.495 e. The van der Waals surface area contributed by atoms with Gasteiger partial charge in [0.1, 0.15) is 12.4 Å². The highest BCUT2D eigenvalue weighted by Gasteiger charge is 2.36. The van der Waals surface area contributed by atoms with Crippen molar-refractivity contribution < 1.29 is 19.1 Å². The number of methoxy groups -OCH3 is 1. The largest absolute Gasteiger partial charge is 0.495 e. The molecule has 8 nitrogen and oxygen atoms in total. The van der Waals surface area contributed by atoms with Gasteiger partial charge in [-0.15, -0.1) is 12.4 Å². The summed E-state index contributed by atoms with van der Waals surface area (Å²) in [5.41, 5.74) is 4.74. The second-order valence-electron chi connectivity index (χ2n) is 9.57. The quantitative estimate of drug-likeness (QED) is 0.380. The summed E-state index contributed by atoms with van der Waals surface area (Å²) in [7, 11) is 1.62. The van der Waals surface area contributed by atoms with E-state index in [1.807, 2.05) is 60.7 Å². The Balaban J connectivity index is 0.00000353. The molecule has 0 aliphatic carbocycles. The van der Waals surface area contributed by atoms with E-state index in [9.17, 15) is 9.59 Å². The number of carbonyl (C=O) groups is 2. The fourth-order valence-corrected chi connectivity index (χ4v) is 5.34. The van der Waals surface area contributed by atoms with Crippen LogP contribution in [0.5, 0.6) is 5.75 Å². The second kappa shape index (κ2) is 12.9. The number of likely N-dealkylation sites (tertiary alicyclic amines) is 1. The van der Waals surface area contributed by atoms with Crippen LogP contribution in [0.1, 0.15) is 25.3 Å². The van der Waals surface area contributed by atoms with Gasteiger partial charge in [-0.05, 0) is 62.2 Å². The number of rotatable bonds is 8. The van der Waals surface area contributed by atoms with Crippen LogP contribution < -0.4 is 19.9 Å². The third-order valence-electron chi connectivity index (χ3n) is 7.23. The van der Waals surface area contributed by atoms with E-state index in [0.717, 1.165) is 47.7 Å². The minimum absolute atomic E-state index is 0. The van der Waals surface area contributed by atoms with Crippen LogP contribution in [0.2, 0.25) is 0 Å². The lowest BCUT2D eigenvalue weighted by molar-refractivity contribution is -0.117. The van der Waals surface area contributed by atoms with Crippen LogP contribution in [0.4, 0.5) is 27.5 Å². The maximum absolute atomic E-state index is 12.8. The first-order valence-electron chi connectivity index (χ1n) is 13.1. The molecule has 0 radical (unpaired) electrons. The van der Waals surface area contributed by atoms with Crippen molar-refractivity contribution in [2.75, 3.05) is 48.4 Å². The van der Waals surface area contributed by atoms with Crippen molar-refractivity contribution in [3.8, 4) is 5.75 Å². The van der Waals surface area contributed by atoms with Crippen LogP contribution in [0.25, 0.3) is 0 Å². The summed E-state index contributed by atoms with van der Waals surface area (Å²) in [5, 5.41) is 3.02. The summed E-state index contributed by atoms with van der Waals surface area (Å²) in [6.45, 7) is 4.96. The van der Waals surface area contributed by atoms with E-state index in [1.165, 1.54) is 0 Å². The number of halogens is 1. The number of nitrogens with one attached hydrogen (secondary N) is 1. The number of para-hydroxylation sites is 2. The van der Waals surface area contributed by atoms with Gasteiger partial charge in [-0.2, -0.15) is 0 Å². The summed E-state index contributed by atoms with van der Waals surface area (Å²) in [6.07, 6.45) is 1.16. The van der Waals surface area contributed by atoms with Crippen LogP contribution in [0, 0.1) is 0 Å². The summed E-state index contributed by atoms with van der Waals surface area (Å²) in [6, 6.07) is 23.9. The number of cyclic esters (lactones) is 1. The van der Waals surface area contributed by atoms with Gasteiger partial charge in [0.25, 0.3) is 0 Å². The molecule has 5 rings (SSSR count). The normalized spacial score (nSPS) is 15.5. The van der Waals surface area contributed by atoms with Crippen LogP contribution in [-0.4, -0.2) is 56.2 Å². The van der Waals surface area contributed by atoms with Gasteiger partial charge in [0, 0.05) is 48.3 Å². The summed E-state index contributed by atoms with van der Waals surface area (Å²) in [5.74, 6) is 0.633. The van der Waals surface area contributed by atoms with Gasteiger partial charge in [-0.3, -0.25) is 14.6 Å². The Hall–Kier alpha value is -3.75. The van der Waals surface area contributed by atoms with E-state index in [4.69, 9.17) is 9.47 Å². The molecule has 39 heavy (non-hydrogen) atoms. The average Bonchev–Trinajstić information content (AvgIpc) is 2.95. The average molecular weight is 551 g/mol. The van der Waals surface area contributed by atoms with Gasteiger partial charge in [0.05, 0.1) is 19.3 Å². The molecule has 0 bridgehead atoms. The molecule has 2 heterocycles. The molecular formula is C30H35ClN4O4. The number of anilines is 4. The number of piperidine rings is 1. The fraction of sp³-hybridized carbons (Fsp3) is 0.333. The third kappa shape index (κ3) is 6.29. The Morgan fingerprint density at radius 3 is 2.36 bits per heavy atom. The van der Waals surface area contributed by atoms with E-state index in [0.29, 0.717) is 25.4 Å². The van der Waals surface area contributed by atoms with Crippen molar-refractivity contribution in [2.24, 2.45) is 0 Å². The standard InChI is InChI=1S/C30H34N4O4.ClH/c1-3-33(24-9-5-4-6-10-24)25-14-12-23(13-15-25)31-28(35)20-32-18-16-26(17-19-32)34-29-22(21-38-30(34)36)8-7-11-27(29)37-2;/h4-15,26H,3,16-21H2,1-2H3,(H,31,35);1H. The maximum Gasteiger partial charge on any atom is 0.415 e. The molecule has 0 aromatic heterocycles. The van der Waals surface area contributed by atoms with Crippen molar-refractivity contribution in [1.29, 1.82) is 0 Å². The van der Waals surface area contributed by atoms with Gasteiger partial charge in [0.15, 0.2) is 0 Å². The molecule has 3 aromatic rings. The van der Waals surface area contributed by atoms with Crippen molar-refractivity contribution >= 4 is 47.2 Å².